The van der Waals surface area contributed by atoms with Crippen molar-refractivity contribution in [1.29, 1.82) is 0 Å². The number of rotatable bonds is 4. The number of amides is 3. The van der Waals surface area contributed by atoms with Gasteiger partial charge in [0.15, 0.2) is 0 Å². The lowest BCUT2D eigenvalue weighted by molar-refractivity contribution is -0.126. The lowest BCUT2D eigenvalue weighted by Crippen LogP contribution is -2.52. The molecule has 33 heavy (non-hydrogen) atoms. The van der Waals surface area contributed by atoms with E-state index >= 15 is 0 Å². The van der Waals surface area contributed by atoms with Crippen LogP contribution in [-0.4, -0.2) is 46.4 Å². The van der Waals surface area contributed by atoms with Crippen molar-refractivity contribution in [2.45, 2.75) is 44.2 Å². The lowest BCUT2D eigenvalue weighted by Gasteiger charge is -2.25. The van der Waals surface area contributed by atoms with E-state index in [9.17, 15) is 19.5 Å². The summed E-state index contributed by atoms with van der Waals surface area (Å²) in [5.74, 6) is -0.238. The summed E-state index contributed by atoms with van der Waals surface area (Å²) in [6.07, 6.45) is 8.27. The van der Waals surface area contributed by atoms with Gasteiger partial charge in [0.25, 0.3) is 5.91 Å². The zero-order valence-corrected chi connectivity index (χ0v) is 18.3. The van der Waals surface area contributed by atoms with Crippen molar-refractivity contribution in [3.63, 3.8) is 0 Å². The fourth-order valence-corrected chi connectivity index (χ4v) is 5.07. The molecular weight excluding hydrogens is 418 g/mol. The van der Waals surface area contributed by atoms with E-state index < -0.39 is 6.04 Å². The topological polar surface area (TPSA) is 98.7 Å². The average Bonchev–Trinajstić information content (AvgIpc) is 3.47. The van der Waals surface area contributed by atoms with Crippen LogP contribution in [0.4, 0.5) is 5.69 Å². The molecule has 2 aromatic rings. The van der Waals surface area contributed by atoms with Crippen LogP contribution in [0.2, 0.25) is 0 Å². The van der Waals surface area contributed by atoms with Crippen molar-refractivity contribution in [2.24, 2.45) is 5.92 Å². The van der Waals surface area contributed by atoms with Crippen LogP contribution in [-0.2, 0) is 9.59 Å². The maximum Gasteiger partial charge on any atom is 0.256 e. The van der Waals surface area contributed by atoms with Gasteiger partial charge >= 0.3 is 0 Å². The fraction of sp³-hybridized carbons (Fsp3) is 0.346. The number of hydrogen-bond acceptors (Lipinski definition) is 4. The minimum atomic E-state index is -0.703. The van der Waals surface area contributed by atoms with E-state index in [-0.39, 0.29) is 35.4 Å². The van der Waals surface area contributed by atoms with Crippen LogP contribution in [0.5, 0.6) is 5.75 Å². The van der Waals surface area contributed by atoms with Gasteiger partial charge in [-0.1, -0.05) is 43.2 Å². The lowest BCUT2D eigenvalue weighted by atomic mass is 10.0. The van der Waals surface area contributed by atoms with Crippen molar-refractivity contribution >= 4 is 35.6 Å². The van der Waals surface area contributed by atoms with Crippen LogP contribution in [0.15, 0.2) is 42.5 Å². The largest absolute Gasteiger partial charge is 0.508 e. The summed E-state index contributed by atoms with van der Waals surface area (Å²) >= 11 is 0. The molecule has 1 saturated carbocycles. The highest BCUT2D eigenvalue weighted by atomic mass is 16.3. The Labute approximate surface area is 192 Å². The second-order valence-corrected chi connectivity index (χ2v) is 9.05. The number of nitrogens with zero attached hydrogens (tertiary/aromatic N) is 1. The van der Waals surface area contributed by atoms with E-state index in [0.29, 0.717) is 24.2 Å². The van der Waals surface area contributed by atoms with Crippen LogP contribution < -0.4 is 10.6 Å². The molecule has 3 aliphatic rings. The Hall–Kier alpha value is -3.61. The number of carbonyl (C=O) groups is 3. The number of hydrogen-bond donors (Lipinski definition) is 3. The first-order valence-electron chi connectivity index (χ1n) is 11.5. The van der Waals surface area contributed by atoms with Crippen LogP contribution in [0.1, 0.15) is 53.6 Å². The molecule has 1 saturated heterocycles. The van der Waals surface area contributed by atoms with Gasteiger partial charge in [-0.2, -0.15) is 0 Å². The van der Waals surface area contributed by atoms with E-state index in [0.717, 1.165) is 36.8 Å². The molecule has 2 fully saturated rings. The maximum atomic E-state index is 13.4. The van der Waals surface area contributed by atoms with Gasteiger partial charge in [-0.3, -0.25) is 14.4 Å². The molecule has 2 aliphatic heterocycles. The van der Waals surface area contributed by atoms with Crippen molar-refractivity contribution in [3.8, 4) is 5.75 Å². The predicted molar refractivity (Wildman–Crippen MR) is 125 cm³/mol. The first-order chi connectivity index (χ1) is 16.0. The van der Waals surface area contributed by atoms with Crippen molar-refractivity contribution in [2.75, 3.05) is 11.9 Å². The quantitative estimate of drug-likeness (QED) is 0.628. The number of fused-ring (bicyclic) bond motifs is 2. The summed E-state index contributed by atoms with van der Waals surface area (Å²) in [7, 11) is 0. The highest BCUT2D eigenvalue weighted by Gasteiger charge is 2.45. The Balaban J connectivity index is 1.35. The van der Waals surface area contributed by atoms with Gasteiger partial charge in [0, 0.05) is 12.5 Å². The first kappa shape index (κ1) is 21.2. The predicted octanol–water partition coefficient (Wildman–Crippen LogP) is 3.40. The van der Waals surface area contributed by atoms with Gasteiger partial charge in [0.2, 0.25) is 11.8 Å². The second kappa shape index (κ2) is 8.73. The summed E-state index contributed by atoms with van der Waals surface area (Å²) in [5, 5.41) is 15.4. The van der Waals surface area contributed by atoms with Gasteiger partial charge in [-0.05, 0) is 54.7 Å². The molecule has 2 atom stereocenters. The van der Waals surface area contributed by atoms with E-state index in [4.69, 9.17) is 0 Å². The molecule has 2 aromatic carbocycles. The molecule has 0 bridgehead atoms. The zero-order valence-electron chi connectivity index (χ0n) is 18.3. The number of phenols is 1. The molecule has 3 amide bonds. The standard InChI is InChI=1S/C26H27N3O4/c30-19-10-7-16(8-11-19)5-6-17-9-12-21-20(15-17)26(33)29-14-13-22(23(29)25(32)27-21)28-24(31)18-3-1-2-4-18/h5-12,15,18,22-23,30H,1-4,13-14H2,(H,27,32)(H,28,31)/b6-5+/t22-,23-/m0/s1. The Morgan fingerprint density at radius 1 is 1.00 bits per heavy atom. The second-order valence-electron chi connectivity index (χ2n) is 9.05. The van der Waals surface area contributed by atoms with Gasteiger partial charge in [-0.15, -0.1) is 0 Å². The van der Waals surface area contributed by atoms with Crippen molar-refractivity contribution in [1.82, 2.24) is 10.2 Å². The van der Waals surface area contributed by atoms with Crippen LogP contribution in [0.3, 0.4) is 0 Å². The molecule has 5 rings (SSSR count). The van der Waals surface area contributed by atoms with E-state index in [1.54, 1.807) is 41.3 Å². The molecule has 0 aromatic heterocycles. The minimum Gasteiger partial charge on any atom is -0.508 e. The number of aromatic hydroxyl groups is 1. The van der Waals surface area contributed by atoms with Crippen molar-refractivity contribution in [3.05, 3.63) is 59.2 Å². The molecule has 3 N–H and O–H groups in total. The van der Waals surface area contributed by atoms with E-state index in [2.05, 4.69) is 10.6 Å². The van der Waals surface area contributed by atoms with Gasteiger partial charge in [0.05, 0.1) is 17.3 Å². The maximum absolute atomic E-state index is 13.4. The monoisotopic (exact) mass is 445 g/mol. The Morgan fingerprint density at radius 2 is 1.70 bits per heavy atom. The van der Waals surface area contributed by atoms with E-state index in [1.165, 1.54) is 0 Å². The third-order valence-corrected chi connectivity index (χ3v) is 6.87. The Morgan fingerprint density at radius 3 is 2.45 bits per heavy atom. The molecule has 170 valence electrons. The molecule has 0 spiro atoms. The average molecular weight is 446 g/mol. The summed E-state index contributed by atoms with van der Waals surface area (Å²) in [4.78, 5) is 40.7. The molecule has 0 unspecified atom stereocenters. The highest BCUT2D eigenvalue weighted by Crippen LogP contribution is 2.31. The van der Waals surface area contributed by atoms with Crippen molar-refractivity contribution < 1.29 is 19.5 Å². The van der Waals surface area contributed by atoms with Gasteiger partial charge in [-0.25, -0.2) is 0 Å². The number of anilines is 1. The summed E-state index contributed by atoms with van der Waals surface area (Å²) in [6, 6.07) is 11.1. The zero-order chi connectivity index (χ0) is 22.9. The normalized spacial score (nSPS) is 22.7. The van der Waals surface area contributed by atoms with Crippen LogP contribution in [0, 0.1) is 5.92 Å². The van der Waals surface area contributed by atoms with Gasteiger partial charge in [0.1, 0.15) is 11.8 Å². The smallest absolute Gasteiger partial charge is 0.256 e. The highest BCUT2D eigenvalue weighted by molar-refractivity contribution is 6.11. The van der Waals surface area contributed by atoms with E-state index in [1.807, 2.05) is 18.2 Å². The third kappa shape index (κ3) is 4.23. The fourth-order valence-electron chi connectivity index (χ4n) is 5.07. The molecule has 2 heterocycles. The molecule has 7 heteroatoms. The number of nitrogens with one attached hydrogen (secondary N) is 2. The SMILES string of the molecule is O=C(N[C@H]1CCN2C(=O)c3cc(/C=C/c4ccc(O)cc4)ccc3NC(=O)[C@H]12)C1CCCC1. The van der Waals surface area contributed by atoms with Crippen LogP contribution >= 0.6 is 0 Å². The summed E-state index contributed by atoms with van der Waals surface area (Å²) < 4.78 is 0. The molecule has 7 nitrogen and oxygen atoms in total. The Kier molecular flexibility index (Phi) is 5.62. The first-order valence-corrected chi connectivity index (χ1v) is 11.5. The number of carbonyl (C=O) groups excluding carboxylic acids is 3. The molecular formula is C26H27N3O4. The number of phenolic OH excluding ortho intramolecular Hbond substituents is 1. The molecule has 1 aliphatic carbocycles. The number of benzene rings is 2. The summed E-state index contributed by atoms with van der Waals surface area (Å²) in [5.41, 5.74) is 2.68. The minimum absolute atomic E-state index is 0.00279. The third-order valence-electron chi connectivity index (χ3n) is 6.87. The van der Waals surface area contributed by atoms with Gasteiger partial charge < -0.3 is 20.6 Å². The molecule has 0 radical (unpaired) electrons. The Bertz CT molecular complexity index is 1120. The van der Waals surface area contributed by atoms with Crippen LogP contribution in [0.25, 0.3) is 12.2 Å². The summed E-state index contributed by atoms with van der Waals surface area (Å²) in [6.45, 7) is 0.430.